The first kappa shape index (κ1) is 10.8. The van der Waals surface area contributed by atoms with Gasteiger partial charge in [0.15, 0.2) is 0 Å². The Morgan fingerprint density at radius 2 is 1.93 bits per heavy atom. The van der Waals surface area contributed by atoms with Gasteiger partial charge in [-0.15, -0.1) is 0 Å². The molecule has 2 nitrogen and oxygen atoms in total. The molecule has 75 valence electrons. The van der Waals surface area contributed by atoms with Crippen molar-refractivity contribution in [2.24, 2.45) is 0 Å². The molecule has 0 aliphatic heterocycles. The summed E-state index contributed by atoms with van der Waals surface area (Å²) < 4.78 is 5.10. The standard InChI is InChI=1S/C12H15O2/c1-3-10(2)12(13)14-9-11-7-5-4-6-8-11/h4-8H,3,9H2,1-2H3. The van der Waals surface area contributed by atoms with Gasteiger partial charge >= 0.3 is 5.97 Å². The third kappa shape index (κ3) is 3.21. The summed E-state index contributed by atoms with van der Waals surface area (Å²) in [5.41, 5.74) is 1.02. The van der Waals surface area contributed by atoms with Crippen molar-refractivity contribution in [2.45, 2.75) is 26.9 Å². The molecule has 0 saturated heterocycles. The van der Waals surface area contributed by atoms with Gasteiger partial charge in [0.2, 0.25) is 0 Å². The lowest BCUT2D eigenvalue weighted by Crippen LogP contribution is -2.11. The van der Waals surface area contributed by atoms with Crippen LogP contribution in [-0.4, -0.2) is 5.97 Å². The van der Waals surface area contributed by atoms with E-state index in [-0.39, 0.29) is 5.97 Å². The molecule has 0 aromatic heterocycles. The Kier molecular flexibility index (Phi) is 4.17. The molecule has 0 heterocycles. The molecule has 1 aromatic carbocycles. The largest absolute Gasteiger partial charge is 0.460 e. The number of ether oxygens (including phenoxy) is 1. The van der Waals surface area contributed by atoms with Gasteiger partial charge in [0.1, 0.15) is 6.61 Å². The molecule has 0 aliphatic rings. The Morgan fingerprint density at radius 1 is 1.29 bits per heavy atom. The predicted molar refractivity (Wildman–Crippen MR) is 55.4 cm³/mol. The monoisotopic (exact) mass is 191 g/mol. The van der Waals surface area contributed by atoms with E-state index in [1.807, 2.05) is 37.3 Å². The second-order valence-electron chi connectivity index (χ2n) is 3.20. The van der Waals surface area contributed by atoms with Gasteiger partial charge in [-0.2, -0.15) is 0 Å². The van der Waals surface area contributed by atoms with Crippen LogP contribution in [0.25, 0.3) is 0 Å². The third-order valence-electron chi connectivity index (χ3n) is 2.09. The van der Waals surface area contributed by atoms with Crippen LogP contribution in [0.3, 0.4) is 0 Å². The molecule has 14 heavy (non-hydrogen) atoms. The smallest absolute Gasteiger partial charge is 0.313 e. The summed E-state index contributed by atoms with van der Waals surface area (Å²) in [7, 11) is 0. The second-order valence-corrected chi connectivity index (χ2v) is 3.20. The van der Waals surface area contributed by atoms with E-state index >= 15 is 0 Å². The Morgan fingerprint density at radius 3 is 2.50 bits per heavy atom. The van der Waals surface area contributed by atoms with Crippen molar-refractivity contribution in [3.63, 3.8) is 0 Å². The molecule has 0 amide bonds. The van der Waals surface area contributed by atoms with Crippen LogP contribution >= 0.6 is 0 Å². The molecule has 1 radical (unpaired) electrons. The molecular formula is C12H15O2. The minimum Gasteiger partial charge on any atom is -0.460 e. The molecule has 1 aromatic rings. The summed E-state index contributed by atoms with van der Waals surface area (Å²) in [5.74, 6) is 0.567. The average molecular weight is 191 g/mol. The zero-order valence-electron chi connectivity index (χ0n) is 8.62. The van der Waals surface area contributed by atoms with Crippen molar-refractivity contribution in [1.82, 2.24) is 0 Å². The summed E-state index contributed by atoms with van der Waals surface area (Å²) >= 11 is 0. The Bertz CT molecular complexity index is 280. The predicted octanol–water partition coefficient (Wildman–Crippen LogP) is 2.73. The number of hydrogen-bond acceptors (Lipinski definition) is 2. The Balaban J connectivity index is 2.38. The van der Waals surface area contributed by atoms with Crippen molar-refractivity contribution < 1.29 is 9.53 Å². The summed E-state index contributed by atoms with van der Waals surface area (Å²) in [6.45, 7) is 4.10. The van der Waals surface area contributed by atoms with E-state index in [9.17, 15) is 4.79 Å². The van der Waals surface area contributed by atoms with Gasteiger partial charge in [-0.1, -0.05) is 37.3 Å². The van der Waals surface area contributed by atoms with Crippen LogP contribution in [0.4, 0.5) is 0 Å². The second kappa shape index (κ2) is 5.43. The van der Waals surface area contributed by atoms with Crippen LogP contribution in [0.5, 0.6) is 0 Å². The van der Waals surface area contributed by atoms with Gasteiger partial charge in [0.05, 0.1) is 5.92 Å². The number of benzene rings is 1. The minimum atomic E-state index is -0.198. The molecule has 0 unspecified atom stereocenters. The lowest BCUT2D eigenvalue weighted by Gasteiger charge is -2.08. The quantitative estimate of drug-likeness (QED) is 0.684. The molecule has 0 N–H and O–H groups in total. The van der Waals surface area contributed by atoms with Crippen LogP contribution in [0, 0.1) is 5.92 Å². The first-order valence-corrected chi connectivity index (χ1v) is 4.77. The van der Waals surface area contributed by atoms with E-state index in [1.165, 1.54) is 0 Å². The molecule has 0 saturated carbocycles. The normalized spacial score (nSPS) is 10.2. The van der Waals surface area contributed by atoms with Crippen molar-refractivity contribution in [3.8, 4) is 0 Å². The summed E-state index contributed by atoms with van der Waals surface area (Å²) in [4.78, 5) is 11.3. The highest BCUT2D eigenvalue weighted by Crippen LogP contribution is 2.08. The third-order valence-corrected chi connectivity index (χ3v) is 2.09. The maximum Gasteiger partial charge on any atom is 0.313 e. The van der Waals surface area contributed by atoms with Gasteiger partial charge < -0.3 is 4.74 Å². The van der Waals surface area contributed by atoms with Gasteiger partial charge in [-0.3, -0.25) is 4.79 Å². The number of esters is 1. The van der Waals surface area contributed by atoms with Crippen LogP contribution in [0.1, 0.15) is 25.8 Å². The lowest BCUT2D eigenvalue weighted by molar-refractivity contribution is -0.142. The number of carbonyl (C=O) groups excluding carboxylic acids is 1. The maximum absolute atomic E-state index is 11.3. The van der Waals surface area contributed by atoms with Crippen molar-refractivity contribution in [1.29, 1.82) is 0 Å². The van der Waals surface area contributed by atoms with Crippen LogP contribution in [-0.2, 0) is 16.1 Å². The van der Waals surface area contributed by atoms with Crippen LogP contribution in [0.2, 0.25) is 0 Å². The van der Waals surface area contributed by atoms with Gasteiger partial charge in [0.25, 0.3) is 0 Å². The topological polar surface area (TPSA) is 26.3 Å². The fourth-order valence-corrected chi connectivity index (χ4v) is 0.991. The summed E-state index contributed by atoms with van der Waals surface area (Å²) in [6, 6.07) is 9.68. The minimum absolute atomic E-state index is 0.198. The molecule has 1 rings (SSSR count). The van der Waals surface area contributed by atoms with Gasteiger partial charge in [-0.25, -0.2) is 0 Å². The Labute approximate surface area is 84.9 Å². The highest BCUT2D eigenvalue weighted by Gasteiger charge is 2.12. The average Bonchev–Trinajstić information content (AvgIpc) is 2.26. The fraction of sp³-hybridized carbons (Fsp3) is 0.333. The SMILES string of the molecule is CC[C](C)C(=O)OCc1ccccc1. The molecule has 0 atom stereocenters. The van der Waals surface area contributed by atoms with Crippen molar-refractivity contribution in [2.75, 3.05) is 0 Å². The van der Waals surface area contributed by atoms with E-state index < -0.39 is 0 Å². The maximum atomic E-state index is 11.3. The molecule has 0 aliphatic carbocycles. The fourth-order valence-electron chi connectivity index (χ4n) is 0.991. The highest BCUT2D eigenvalue weighted by atomic mass is 16.5. The molecule has 2 heteroatoms. The molecule has 0 fully saturated rings. The molecular weight excluding hydrogens is 176 g/mol. The van der Waals surface area contributed by atoms with E-state index in [1.54, 1.807) is 6.92 Å². The zero-order chi connectivity index (χ0) is 10.4. The van der Waals surface area contributed by atoms with Gasteiger partial charge in [0, 0.05) is 0 Å². The van der Waals surface area contributed by atoms with Crippen molar-refractivity contribution in [3.05, 3.63) is 41.8 Å². The molecule has 0 spiro atoms. The van der Waals surface area contributed by atoms with Crippen LogP contribution < -0.4 is 0 Å². The molecule has 0 bridgehead atoms. The van der Waals surface area contributed by atoms with Crippen molar-refractivity contribution >= 4 is 5.97 Å². The van der Waals surface area contributed by atoms with E-state index in [0.717, 1.165) is 17.9 Å². The first-order valence-electron chi connectivity index (χ1n) is 4.77. The summed E-state index contributed by atoms with van der Waals surface area (Å²) in [6.07, 6.45) is 0.744. The number of hydrogen-bond donors (Lipinski definition) is 0. The van der Waals surface area contributed by atoms with Crippen LogP contribution in [0.15, 0.2) is 30.3 Å². The number of rotatable bonds is 4. The van der Waals surface area contributed by atoms with Gasteiger partial charge in [-0.05, 0) is 18.9 Å². The number of carbonyl (C=O) groups is 1. The first-order chi connectivity index (χ1) is 6.74. The van der Waals surface area contributed by atoms with E-state index in [4.69, 9.17) is 4.74 Å². The van der Waals surface area contributed by atoms with E-state index in [0.29, 0.717) is 6.61 Å². The zero-order valence-corrected chi connectivity index (χ0v) is 8.62. The summed E-state index contributed by atoms with van der Waals surface area (Å²) in [5, 5.41) is 0. The highest BCUT2D eigenvalue weighted by molar-refractivity contribution is 5.83. The Hall–Kier alpha value is -1.31. The van der Waals surface area contributed by atoms with E-state index in [2.05, 4.69) is 0 Å². The lowest BCUT2D eigenvalue weighted by atomic mass is 10.1.